The molecule has 1 aromatic carbocycles. The second-order valence-electron chi connectivity index (χ2n) is 6.00. The third-order valence-corrected chi connectivity index (χ3v) is 5.17. The number of aliphatic hydroxyl groups is 1. The molecule has 1 aliphatic heterocycles. The van der Waals surface area contributed by atoms with E-state index < -0.39 is 0 Å². The van der Waals surface area contributed by atoms with Crippen molar-refractivity contribution < 1.29 is 9.90 Å². The number of benzene rings is 1. The Morgan fingerprint density at radius 3 is 2.78 bits per heavy atom. The Morgan fingerprint density at radius 1 is 1.30 bits per heavy atom. The number of nitrogens with zero attached hydrogens (tertiary/aromatic N) is 1. The van der Waals surface area contributed by atoms with Crippen LogP contribution in [0.1, 0.15) is 39.0 Å². The fourth-order valence-corrected chi connectivity index (χ4v) is 3.71. The van der Waals surface area contributed by atoms with Crippen LogP contribution in [0.25, 0.3) is 0 Å². The van der Waals surface area contributed by atoms with Gasteiger partial charge in [0, 0.05) is 25.3 Å². The molecule has 1 amide bonds. The smallest absolute Gasteiger partial charge is 0.225 e. The molecule has 2 N–H and O–H groups in total. The predicted molar refractivity (Wildman–Crippen MR) is 99.4 cm³/mol. The van der Waals surface area contributed by atoms with E-state index in [9.17, 15) is 9.90 Å². The molecule has 1 heterocycles. The van der Waals surface area contributed by atoms with Crippen molar-refractivity contribution in [2.45, 2.75) is 45.1 Å². The summed E-state index contributed by atoms with van der Waals surface area (Å²) in [6, 6.07) is 7.95. The minimum atomic E-state index is -0.187. The van der Waals surface area contributed by atoms with E-state index in [1.165, 1.54) is 12.8 Å². The van der Waals surface area contributed by atoms with Crippen molar-refractivity contribution in [2.75, 3.05) is 34.8 Å². The van der Waals surface area contributed by atoms with Gasteiger partial charge in [0.2, 0.25) is 5.91 Å². The van der Waals surface area contributed by atoms with Crippen LogP contribution >= 0.6 is 11.8 Å². The number of nitrogens with one attached hydrogen (secondary N) is 1. The quantitative estimate of drug-likeness (QED) is 0.713. The summed E-state index contributed by atoms with van der Waals surface area (Å²) < 4.78 is 0. The summed E-state index contributed by atoms with van der Waals surface area (Å²) in [6.45, 7) is 3.85. The van der Waals surface area contributed by atoms with Crippen LogP contribution in [-0.4, -0.2) is 41.7 Å². The molecule has 0 spiro atoms. The summed E-state index contributed by atoms with van der Waals surface area (Å²) in [6.07, 6.45) is 4.37. The number of amides is 1. The van der Waals surface area contributed by atoms with E-state index in [0.717, 1.165) is 48.8 Å². The third-order valence-electron chi connectivity index (χ3n) is 4.10. The Balaban J connectivity index is 1.86. The molecule has 23 heavy (non-hydrogen) atoms. The van der Waals surface area contributed by atoms with E-state index in [4.69, 9.17) is 0 Å². The van der Waals surface area contributed by atoms with Gasteiger partial charge in [-0.05, 0) is 37.1 Å². The van der Waals surface area contributed by atoms with E-state index in [1.54, 1.807) is 0 Å². The van der Waals surface area contributed by atoms with Crippen molar-refractivity contribution >= 4 is 29.0 Å². The van der Waals surface area contributed by atoms with Gasteiger partial charge < -0.3 is 15.3 Å². The van der Waals surface area contributed by atoms with Crippen molar-refractivity contribution in [2.24, 2.45) is 0 Å². The van der Waals surface area contributed by atoms with Gasteiger partial charge in [0.15, 0.2) is 0 Å². The highest BCUT2D eigenvalue weighted by molar-refractivity contribution is 7.99. The topological polar surface area (TPSA) is 52.6 Å². The van der Waals surface area contributed by atoms with Gasteiger partial charge >= 0.3 is 0 Å². The zero-order valence-electron chi connectivity index (χ0n) is 14.0. The standard InChI is InChI=1S/C18H28N2O2S/c1-2-3-13-23-14-10-18(22)19-16-6-4-5-7-17(16)20-11-8-15(21)9-12-20/h4-7,15,21H,2-3,8-14H2,1H3,(H,19,22). The molecule has 4 nitrogen and oxygen atoms in total. The number of aliphatic hydroxyl groups excluding tert-OH is 1. The van der Waals surface area contributed by atoms with Gasteiger partial charge in [0.25, 0.3) is 0 Å². The highest BCUT2D eigenvalue weighted by Gasteiger charge is 2.19. The molecular formula is C18H28N2O2S. The molecule has 5 heteroatoms. The fraction of sp³-hybridized carbons (Fsp3) is 0.611. The average Bonchev–Trinajstić information content (AvgIpc) is 2.56. The number of carbonyl (C=O) groups excluding carboxylic acids is 1. The second-order valence-corrected chi connectivity index (χ2v) is 7.22. The summed E-state index contributed by atoms with van der Waals surface area (Å²) in [5.74, 6) is 2.10. The summed E-state index contributed by atoms with van der Waals surface area (Å²) in [5.41, 5.74) is 1.94. The van der Waals surface area contributed by atoms with Crippen molar-refractivity contribution in [1.29, 1.82) is 0 Å². The molecule has 1 fully saturated rings. The van der Waals surface area contributed by atoms with Crippen LogP contribution in [0.3, 0.4) is 0 Å². The van der Waals surface area contributed by atoms with E-state index >= 15 is 0 Å². The van der Waals surface area contributed by atoms with E-state index in [-0.39, 0.29) is 12.0 Å². The van der Waals surface area contributed by atoms with E-state index in [2.05, 4.69) is 17.1 Å². The minimum Gasteiger partial charge on any atom is -0.393 e. The van der Waals surface area contributed by atoms with Crippen molar-refractivity contribution in [3.05, 3.63) is 24.3 Å². The maximum atomic E-state index is 12.1. The number of thioether (sulfide) groups is 1. The molecule has 0 saturated carbocycles. The predicted octanol–water partition coefficient (Wildman–Crippen LogP) is 3.51. The lowest BCUT2D eigenvalue weighted by atomic mass is 10.1. The van der Waals surface area contributed by atoms with Crippen LogP contribution in [0, 0.1) is 0 Å². The van der Waals surface area contributed by atoms with Gasteiger partial charge in [-0.15, -0.1) is 0 Å². The molecule has 128 valence electrons. The Labute approximate surface area is 143 Å². The average molecular weight is 337 g/mol. The first-order valence-corrected chi connectivity index (χ1v) is 9.75. The number of anilines is 2. The van der Waals surface area contributed by atoms with Crippen molar-refractivity contribution in [3.8, 4) is 0 Å². The highest BCUT2D eigenvalue weighted by atomic mass is 32.2. The summed E-state index contributed by atoms with van der Waals surface area (Å²) >= 11 is 1.85. The van der Waals surface area contributed by atoms with E-state index in [1.807, 2.05) is 36.0 Å². The van der Waals surface area contributed by atoms with Crippen LogP contribution in [0.2, 0.25) is 0 Å². The summed E-state index contributed by atoms with van der Waals surface area (Å²) in [4.78, 5) is 14.4. The Morgan fingerprint density at radius 2 is 2.04 bits per heavy atom. The first-order chi connectivity index (χ1) is 11.2. The van der Waals surface area contributed by atoms with Crippen molar-refractivity contribution in [1.82, 2.24) is 0 Å². The van der Waals surface area contributed by atoms with Crippen molar-refractivity contribution in [3.63, 3.8) is 0 Å². The minimum absolute atomic E-state index is 0.0819. The summed E-state index contributed by atoms with van der Waals surface area (Å²) in [7, 11) is 0. The Kier molecular flexibility index (Phi) is 7.76. The first kappa shape index (κ1) is 18.1. The first-order valence-electron chi connectivity index (χ1n) is 8.60. The molecule has 0 aliphatic carbocycles. The zero-order valence-corrected chi connectivity index (χ0v) is 14.8. The molecule has 0 bridgehead atoms. The molecule has 1 aromatic rings. The Bertz CT molecular complexity index is 488. The second kappa shape index (κ2) is 9.83. The molecular weight excluding hydrogens is 308 g/mol. The molecule has 0 radical (unpaired) electrons. The van der Waals surface area contributed by atoms with Gasteiger partial charge in [0.1, 0.15) is 0 Å². The number of hydrogen-bond donors (Lipinski definition) is 2. The molecule has 0 aromatic heterocycles. The highest BCUT2D eigenvalue weighted by Crippen LogP contribution is 2.28. The number of hydrogen-bond acceptors (Lipinski definition) is 4. The zero-order chi connectivity index (χ0) is 16.5. The van der Waals surface area contributed by atoms with Gasteiger partial charge in [-0.3, -0.25) is 4.79 Å². The molecule has 0 atom stereocenters. The molecule has 1 aliphatic rings. The molecule has 1 saturated heterocycles. The van der Waals surface area contributed by atoms with E-state index in [0.29, 0.717) is 6.42 Å². The monoisotopic (exact) mass is 336 g/mol. The number of unbranched alkanes of at least 4 members (excludes halogenated alkanes) is 1. The van der Waals surface area contributed by atoms with Gasteiger partial charge in [-0.1, -0.05) is 25.5 Å². The maximum absolute atomic E-state index is 12.1. The van der Waals surface area contributed by atoms with Gasteiger partial charge in [-0.25, -0.2) is 0 Å². The molecule has 0 unspecified atom stereocenters. The normalized spacial score (nSPS) is 15.7. The summed E-state index contributed by atoms with van der Waals surface area (Å²) in [5, 5.41) is 12.7. The number of rotatable bonds is 8. The number of piperidine rings is 1. The third kappa shape index (κ3) is 6.07. The van der Waals surface area contributed by atoms with Crippen LogP contribution < -0.4 is 10.2 Å². The number of para-hydroxylation sites is 2. The van der Waals surface area contributed by atoms with Gasteiger partial charge in [-0.2, -0.15) is 11.8 Å². The van der Waals surface area contributed by atoms with Crippen LogP contribution in [0.5, 0.6) is 0 Å². The lowest BCUT2D eigenvalue weighted by molar-refractivity contribution is -0.115. The lowest BCUT2D eigenvalue weighted by Gasteiger charge is -2.32. The van der Waals surface area contributed by atoms with Crippen LogP contribution in [0.15, 0.2) is 24.3 Å². The largest absolute Gasteiger partial charge is 0.393 e. The Hall–Kier alpha value is -1.20. The number of carbonyl (C=O) groups is 1. The molecule has 2 rings (SSSR count). The maximum Gasteiger partial charge on any atom is 0.225 e. The van der Waals surface area contributed by atoms with Gasteiger partial charge in [0.05, 0.1) is 17.5 Å². The van der Waals surface area contributed by atoms with Crippen LogP contribution in [0.4, 0.5) is 11.4 Å². The van der Waals surface area contributed by atoms with Crippen LogP contribution in [-0.2, 0) is 4.79 Å². The fourth-order valence-electron chi connectivity index (χ4n) is 2.69. The lowest BCUT2D eigenvalue weighted by Crippen LogP contribution is -2.36. The SMILES string of the molecule is CCCCSCCC(=O)Nc1ccccc1N1CCC(O)CC1.